The van der Waals surface area contributed by atoms with E-state index in [1.807, 2.05) is 0 Å². The molecular weight excluding hydrogens is 232 g/mol. The van der Waals surface area contributed by atoms with Gasteiger partial charge in [-0.05, 0) is 25.9 Å². The second kappa shape index (κ2) is 7.13. The highest BCUT2D eigenvalue weighted by Crippen LogP contribution is 2.07. The Balaban J connectivity index is 1.54. The summed E-state index contributed by atoms with van der Waals surface area (Å²) in [5.41, 5.74) is 0.975. The molecule has 0 unspecified atom stereocenters. The summed E-state index contributed by atoms with van der Waals surface area (Å²) in [4.78, 5) is 11.5. The van der Waals surface area contributed by atoms with E-state index in [4.69, 9.17) is 4.74 Å². The number of rotatable bonds is 6. The van der Waals surface area contributed by atoms with Crippen LogP contribution in [0.3, 0.4) is 0 Å². The maximum absolute atomic E-state index is 11.5. The average Bonchev–Trinajstić information content (AvgIpc) is 2.91. The Morgan fingerprint density at radius 2 is 2.33 bits per heavy atom. The first kappa shape index (κ1) is 13.0. The molecule has 100 valence electrons. The van der Waals surface area contributed by atoms with E-state index in [0.29, 0.717) is 25.7 Å². The Morgan fingerprint density at radius 3 is 3.06 bits per heavy atom. The second-order valence-electron chi connectivity index (χ2n) is 4.45. The molecule has 6 nitrogen and oxygen atoms in total. The first-order chi connectivity index (χ1) is 8.84. The van der Waals surface area contributed by atoms with Gasteiger partial charge < -0.3 is 15.4 Å². The Labute approximate surface area is 106 Å². The van der Waals surface area contributed by atoms with Crippen molar-refractivity contribution in [2.75, 3.05) is 19.7 Å². The van der Waals surface area contributed by atoms with Gasteiger partial charge in [0.2, 0.25) is 5.91 Å². The van der Waals surface area contributed by atoms with E-state index in [1.165, 1.54) is 0 Å². The molecule has 1 aromatic rings. The van der Waals surface area contributed by atoms with Gasteiger partial charge >= 0.3 is 0 Å². The van der Waals surface area contributed by atoms with Gasteiger partial charge in [0.05, 0.1) is 18.9 Å². The predicted molar refractivity (Wildman–Crippen MR) is 66.9 cm³/mol. The topological polar surface area (TPSA) is 79.0 Å². The zero-order valence-electron chi connectivity index (χ0n) is 10.4. The second-order valence-corrected chi connectivity index (χ2v) is 4.45. The lowest BCUT2D eigenvalue weighted by molar-refractivity contribution is -0.122. The van der Waals surface area contributed by atoms with E-state index in [2.05, 4.69) is 20.8 Å². The van der Waals surface area contributed by atoms with E-state index in [9.17, 15) is 4.79 Å². The molecule has 1 aliphatic rings. The molecule has 0 aliphatic carbocycles. The zero-order valence-corrected chi connectivity index (χ0v) is 10.4. The standard InChI is InChI=1S/C12H20N4O2/c17-12(14-7-10-8-15-16-9-10)3-6-18-11-1-4-13-5-2-11/h8-9,11,13H,1-7H2,(H,14,17)(H,15,16). The summed E-state index contributed by atoms with van der Waals surface area (Å²) < 4.78 is 5.67. The quantitative estimate of drug-likeness (QED) is 0.675. The number of amides is 1. The molecule has 3 N–H and O–H groups in total. The fourth-order valence-corrected chi connectivity index (χ4v) is 1.94. The molecule has 1 saturated heterocycles. The first-order valence-electron chi connectivity index (χ1n) is 6.41. The molecular formula is C12H20N4O2. The molecule has 1 fully saturated rings. The van der Waals surface area contributed by atoms with Crippen LogP contribution in [0.1, 0.15) is 24.8 Å². The summed E-state index contributed by atoms with van der Waals surface area (Å²) in [6, 6.07) is 0. The number of nitrogens with zero attached hydrogens (tertiary/aromatic N) is 1. The monoisotopic (exact) mass is 252 g/mol. The SMILES string of the molecule is O=C(CCOC1CCNCC1)NCc1cn[nH]c1. The van der Waals surface area contributed by atoms with Crippen molar-refractivity contribution in [3.05, 3.63) is 18.0 Å². The lowest BCUT2D eigenvalue weighted by atomic mass is 10.1. The van der Waals surface area contributed by atoms with Crippen LogP contribution in [-0.2, 0) is 16.1 Å². The Kier molecular flexibility index (Phi) is 5.16. The minimum atomic E-state index is 0.0186. The normalized spacial score (nSPS) is 16.7. The zero-order chi connectivity index (χ0) is 12.6. The predicted octanol–water partition coefficient (Wildman–Crippen LogP) is 0.185. The van der Waals surface area contributed by atoms with Crippen LogP contribution in [-0.4, -0.2) is 41.9 Å². The van der Waals surface area contributed by atoms with E-state index >= 15 is 0 Å². The van der Waals surface area contributed by atoms with E-state index in [-0.39, 0.29) is 5.91 Å². The summed E-state index contributed by atoms with van der Waals surface area (Å²) >= 11 is 0. The van der Waals surface area contributed by atoms with Crippen LogP contribution >= 0.6 is 0 Å². The fourth-order valence-electron chi connectivity index (χ4n) is 1.94. The van der Waals surface area contributed by atoms with Crippen LogP contribution in [0.2, 0.25) is 0 Å². The molecule has 1 aliphatic heterocycles. The molecule has 0 radical (unpaired) electrons. The first-order valence-corrected chi connectivity index (χ1v) is 6.41. The summed E-state index contributed by atoms with van der Waals surface area (Å²) in [7, 11) is 0. The molecule has 0 aromatic carbocycles. The van der Waals surface area contributed by atoms with Crippen molar-refractivity contribution in [2.45, 2.75) is 31.9 Å². The van der Waals surface area contributed by atoms with Gasteiger partial charge in [-0.2, -0.15) is 5.10 Å². The minimum absolute atomic E-state index is 0.0186. The molecule has 0 atom stereocenters. The highest BCUT2D eigenvalue weighted by Gasteiger charge is 2.13. The van der Waals surface area contributed by atoms with Gasteiger partial charge in [0.25, 0.3) is 0 Å². The molecule has 6 heteroatoms. The van der Waals surface area contributed by atoms with Crippen LogP contribution < -0.4 is 10.6 Å². The third-order valence-electron chi connectivity index (χ3n) is 3.01. The van der Waals surface area contributed by atoms with Crippen LogP contribution in [0.5, 0.6) is 0 Å². The Morgan fingerprint density at radius 1 is 1.50 bits per heavy atom. The smallest absolute Gasteiger partial charge is 0.222 e. The van der Waals surface area contributed by atoms with E-state index in [0.717, 1.165) is 31.5 Å². The molecule has 2 rings (SSSR count). The molecule has 2 heterocycles. The van der Waals surface area contributed by atoms with Gasteiger partial charge in [0.1, 0.15) is 0 Å². The Bertz CT molecular complexity index is 347. The molecule has 1 aromatic heterocycles. The summed E-state index contributed by atoms with van der Waals surface area (Å²) in [5, 5.41) is 12.6. The Hall–Kier alpha value is -1.40. The number of aromatic nitrogens is 2. The molecule has 0 spiro atoms. The molecule has 0 bridgehead atoms. The summed E-state index contributed by atoms with van der Waals surface area (Å²) in [6.07, 6.45) is 6.28. The lowest BCUT2D eigenvalue weighted by Crippen LogP contribution is -2.33. The number of carbonyl (C=O) groups is 1. The van der Waals surface area contributed by atoms with Crippen molar-refractivity contribution in [3.63, 3.8) is 0 Å². The fraction of sp³-hybridized carbons (Fsp3) is 0.667. The van der Waals surface area contributed by atoms with Gasteiger partial charge in [-0.15, -0.1) is 0 Å². The maximum atomic E-state index is 11.5. The van der Waals surface area contributed by atoms with Crippen LogP contribution in [0.15, 0.2) is 12.4 Å². The lowest BCUT2D eigenvalue weighted by Gasteiger charge is -2.22. The van der Waals surface area contributed by atoms with Crippen molar-refractivity contribution in [2.24, 2.45) is 0 Å². The number of hydrogen-bond acceptors (Lipinski definition) is 4. The number of aromatic amines is 1. The number of H-pyrrole nitrogens is 1. The molecule has 18 heavy (non-hydrogen) atoms. The van der Waals surface area contributed by atoms with Crippen molar-refractivity contribution in [3.8, 4) is 0 Å². The highest BCUT2D eigenvalue weighted by molar-refractivity contribution is 5.75. The van der Waals surface area contributed by atoms with Crippen molar-refractivity contribution in [1.82, 2.24) is 20.8 Å². The maximum Gasteiger partial charge on any atom is 0.222 e. The van der Waals surface area contributed by atoms with E-state index in [1.54, 1.807) is 12.4 Å². The number of nitrogens with one attached hydrogen (secondary N) is 3. The van der Waals surface area contributed by atoms with Gasteiger partial charge in [-0.1, -0.05) is 0 Å². The number of ether oxygens (including phenoxy) is 1. The number of piperidine rings is 1. The van der Waals surface area contributed by atoms with Crippen molar-refractivity contribution >= 4 is 5.91 Å². The van der Waals surface area contributed by atoms with Crippen LogP contribution in [0, 0.1) is 0 Å². The largest absolute Gasteiger partial charge is 0.378 e. The summed E-state index contributed by atoms with van der Waals surface area (Å²) in [5.74, 6) is 0.0186. The van der Waals surface area contributed by atoms with Crippen molar-refractivity contribution in [1.29, 1.82) is 0 Å². The highest BCUT2D eigenvalue weighted by atomic mass is 16.5. The van der Waals surface area contributed by atoms with Gasteiger partial charge in [0, 0.05) is 24.7 Å². The van der Waals surface area contributed by atoms with Gasteiger partial charge in [-0.3, -0.25) is 9.89 Å². The average molecular weight is 252 g/mol. The third-order valence-corrected chi connectivity index (χ3v) is 3.01. The number of hydrogen-bond donors (Lipinski definition) is 3. The molecule has 1 amide bonds. The minimum Gasteiger partial charge on any atom is -0.378 e. The molecule has 0 saturated carbocycles. The van der Waals surface area contributed by atoms with Crippen molar-refractivity contribution < 1.29 is 9.53 Å². The van der Waals surface area contributed by atoms with Gasteiger partial charge in [0.15, 0.2) is 0 Å². The summed E-state index contributed by atoms with van der Waals surface area (Å²) in [6.45, 7) is 3.04. The number of carbonyl (C=O) groups excluding carboxylic acids is 1. The van der Waals surface area contributed by atoms with Crippen LogP contribution in [0.25, 0.3) is 0 Å². The van der Waals surface area contributed by atoms with Gasteiger partial charge in [-0.25, -0.2) is 0 Å². The van der Waals surface area contributed by atoms with Crippen LogP contribution in [0.4, 0.5) is 0 Å². The third kappa shape index (κ3) is 4.46. The van der Waals surface area contributed by atoms with E-state index < -0.39 is 0 Å².